The van der Waals surface area contributed by atoms with Gasteiger partial charge in [0.25, 0.3) is 0 Å². The summed E-state index contributed by atoms with van der Waals surface area (Å²) in [5, 5.41) is 3.70. The van der Waals surface area contributed by atoms with E-state index in [1.54, 1.807) is 14.2 Å². The van der Waals surface area contributed by atoms with Crippen molar-refractivity contribution < 1.29 is 9.47 Å². The topological polar surface area (TPSA) is 33.7 Å². The smallest absolute Gasteiger partial charge is 0.160 e. The summed E-state index contributed by atoms with van der Waals surface area (Å²) in [7, 11) is 3.37. The molecule has 2 aromatic rings. The first-order valence-corrected chi connectivity index (χ1v) is 9.43. The zero-order valence-electron chi connectivity index (χ0n) is 16.1. The normalized spacial score (nSPS) is 19.1. The first kappa shape index (κ1) is 18.7. The monoisotopic (exact) mass is 354 g/mol. The van der Waals surface area contributed by atoms with E-state index < -0.39 is 0 Å². The van der Waals surface area contributed by atoms with Crippen molar-refractivity contribution in [1.29, 1.82) is 0 Å². The minimum atomic E-state index is 0.411. The van der Waals surface area contributed by atoms with E-state index in [2.05, 4.69) is 59.6 Å². The quantitative estimate of drug-likeness (QED) is 0.827. The van der Waals surface area contributed by atoms with Crippen molar-refractivity contribution in [3.63, 3.8) is 0 Å². The molecule has 0 aliphatic carbocycles. The minimum absolute atomic E-state index is 0.411. The van der Waals surface area contributed by atoms with Crippen molar-refractivity contribution >= 4 is 0 Å². The third kappa shape index (κ3) is 4.57. The number of hydrogen-bond acceptors (Lipinski definition) is 4. The highest BCUT2D eigenvalue weighted by Gasteiger charge is 2.25. The average Bonchev–Trinajstić information content (AvgIpc) is 2.72. The van der Waals surface area contributed by atoms with E-state index in [1.807, 2.05) is 6.07 Å². The summed E-state index contributed by atoms with van der Waals surface area (Å²) in [4.78, 5) is 2.57. The van der Waals surface area contributed by atoms with Gasteiger partial charge in [-0.3, -0.25) is 0 Å². The van der Waals surface area contributed by atoms with Crippen LogP contribution in [0.3, 0.4) is 0 Å². The highest BCUT2D eigenvalue weighted by atomic mass is 16.5. The maximum atomic E-state index is 5.47. The Morgan fingerprint density at radius 3 is 2.58 bits per heavy atom. The van der Waals surface area contributed by atoms with Gasteiger partial charge in [-0.1, -0.05) is 43.3 Å². The molecular formula is C22H30N2O2. The van der Waals surface area contributed by atoms with Crippen LogP contribution < -0.4 is 14.8 Å². The van der Waals surface area contributed by atoms with Crippen LogP contribution in [0.4, 0.5) is 0 Å². The van der Waals surface area contributed by atoms with Gasteiger partial charge in [0, 0.05) is 32.2 Å². The Balaban J connectivity index is 1.61. The Bertz CT molecular complexity index is 690. The molecule has 140 valence electrons. The highest BCUT2D eigenvalue weighted by Crippen LogP contribution is 2.32. The lowest BCUT2D eigenvalue weighted by Crippen LogP contribution is -2.53. The van der Waals surface area contributed by atoms with Crippen LogP contribution in [-0.2, 0) is 6.42 Å². The van der Waals surface area contributed by atoms with Gasteiger partial charge < -0.3 is 19.7 Å². The lowest BCUT2D eigenvalue weighted by atomic mass is 9.91. The third-order valence-electron chi connectivity index (χ3n) is 5.39. The lowest BCUT2D eigenvalue weighted by molar-refractivity contribution is 0.189. The molecule has 3 rings (SSSR count). The number of piperazine rings is 1. The predicted molar refractivity (Wildman–Crippen MR) is 106 cm³/mol. The molecule has 4 heteroatoms. The molecule has 1 N–H and O–H groups in total. The average molecular weight is 354 g/mol. The van der Waals surface area contributed by atoms with Gasteiger partial charge in [-0.25, -0.2) is 0 Å². The van der Waals surface area contributed by atoms with Gasteiger partial charge in [-0.05, 0) is 35.6 Å². The maximum absolute atomic E-state index is 5.47. The zero-order chi connectivity index (χ0) is 18.4. The fourth-order valence-corrected chi connectivity index (χ4v) is 3.68. The van der Waals surface area contributed by atoms with Crippen LogP contribution in [0, 0.1) is 0 Å². The SMILES string of the molecule is COc1ccc(C(C)C2CN(CCc3ccccc3)CCN2)cc1OC. The molecular weight excluding hydrogens is 324 g/mol. The van der Waals surface area contributed by atoms with Crippen molar-refractivity contribution in [1.82, 2.24) is 10.2 Å². The third-order valence-corrected chi connectivity index (χ3v) is 5.39. The Hall–Kier alpha value is -2.04. The van der Waals surface area contributed by atoms with E-state index in [0.29, 0.717) is 12.0 Å². The first-order chi connectivity index (χ1) is 12.7. The Morgan fingerprint density at radius 2 is 1.85 bits per heavy atom. The van der Waals surface area contributed by atoms with E-state index in [0.717, 1.165) is 44.1 Å². The van der Waals surface area contributed by atoms with Crippen molar-refractivity contribution in [2.24, 2.45) is 0 Å². The van der Waals surface area contributed by atoms with Crippen molar-refractivity contribution in [2.45, 2.75) is 25.3 Å². The number of nitrogens with zero attached hydrogens (tertiary/aromatic N) is 1. The molecule has 0 spiro atoms. The van der Waals surface area contributed by atoms with Crippen LogP contribution in [0.5, 0.6) is 11.5 Å². The van der Waals surface area contributed by atoms with Gasteiger partial charge in [0.15, 0.2) is 11.5 Å². The summed E-state index contributed by atoms with van der Waals surface area (Å²) >= 11 is 0. The van der Waals surface area contributed by atoms with E-state index in [1.165, 1.54) is 11.1 Å². The van der Waals surface area contributed by atoms with Crippen LogP contribution in [-0.4, -0.2) is 51.3 Å². The highest BCUT2D eigenvalue weighted by molar-refractivity contribution is 5.44. The fraction of sp³-hybridized carbons (Fsp3) is 0.455. The van der Waals surface area contributed by atoms with Crippen molar-refractivity contribution in [3.05, 3.63) is 59.7 Å². The molecule has 2 aromatic carbocycles. The molecule has 1 fully saturated rings. The van der Waals surface area contributed by atoms with Gasteiger partial charge in [-0.2, -0.15) is 0 Å². The van der Waals surface area contributed by atoms with Gasteiger partial charge in [0.05, 0.1) is 14.2 Å². The number of hydrogen-bond donors (Lipinski definition) is 1. The standard InChI is InChI=1S/C22H30N2O2/c1-17(19-9-10-21(25-2)22(15-19)26-3)20-16-24(14-12-23-20)13-11-18-7-5-4-6-8-18/h4-10,15,17,20,23H,11-14,16H2,1-3H3. The number of methoxy groups -OCH3 is 2. The molecule has 0 amide bonds. The maximum Gasteiger partial charge on any atom is 0.160 e. The van der Waals surface area contributed by atoms with E-state index >= 15 is 0 Å². The predicted octanol–water partition coefficient (Wildman–Crippen LogP) is 3.32. The summed E-state index contributed by atoms with van der Waals surface area (Å²) in [6.45, 7) is 6.63. The summed E-state index contributed by atoms with van der Waals surface area (Å²) in [6.07, 6.45) is 1.11. The molecule has 1 saturated heterocycles. The van der Waals surface area contributed by atoms with Gasteiger partial charge in [-0.15, -0.1) is 0 Å². The second-order valence-corrected chi connectivity index (χ2v) is 7.00. The molecule has 0 aromatic heterocycles. The number of rotatable bonds is 7. The largest absolute Gasteiger partial charge is 0.493 e. The number of nitrogens with one attached hydrogen (secondary N) is 1. The molecule has 1 aliphatic rings. The van der Waals surface area contributed by atoms with Gasteiger partial charge in [0.1, 0.15) is 0 Å². The van der Waals surface area contributed by atoms with Crippen LogP contribution in [0.2, 0.25) is 0 Å². The fourth-order valence-electron chi connectivity index (χ4n) is 3.68. The molecule has 4 nitrogen and oxygen atoms in total. The number of benzene rings is 2. The lowest BCUT2D eigenvalue weighted by Gasteiger charge is -2.37. The van der Waals surface area contributed by atoms with Crippen molar-refractivity contribution in [3.8, 4) is 11.5 Å². The summed E-state index contributed by atoms with van der Waals surface area (Å²) < 4.78 is 10.8. The molecule has 26 heavy (non-hydrogen) atoms. The Morgan fingerprint density at radius 1 is 1.08 bits per heavy atom. The first-order valence-electron chi connectivity index (χ1n) is 9.43. The summed E-state index contributed by atoms with van der Waals surface area (Å²) in [6, 6.07) is 17.4. The molecule has 0 saturated carbocycles. The van der Waals surface area contributed by atoms with Gasteiger partial charge in [0.2, 0.25) is 0 Å². The van der Waals surface area contributed by atoms with Crippen LogP contribution in [0.1, 0.15) is 24.0 Å². The second-order valence-electron chi connectivity index (χ2n) is 7.00. The van der Waals surface area contributed by atoms with Crippen molar-refractivity contribution in [2.75, 3.05) is 40.4 Å². The van der Waals surface area contributed by atoms with E-state index in [-0.39, 0.29) is 0 Å². The summed E-state index contributed by atoms with van der Waals surface area (Å²) in [5.74, 6) is 1.99. The molecule has 0 bridgehead atoms. The molecule has 0 radical (unpaired) electrons. The molecule has 1 heterocycles. The summed E-state index contributed by atoms with van der Waals surface area (Å²) in [5.41, 5.74) is 2.69. The Kier molecular flexibility index (Phi) is 6.53. The molecule has 1 aliphatic heterocycles. The van der Waals surface area contributed by atoms with E-state index in [4.69, 9.17) is 9.47 Å². The molecule has 2 unspecified atom stereocenters. The minimum Gasteiger partial charge on any atom is -0.493 e. The number of ether oxygens (including phenoxy) is 2. The molecule has 2 atom stereocenters. The van der Waals surface area contributed by atoms with E-state index in [9.17, 15) is 0 Å². The van der Waals surface area contributed by atoms with Crippen LogP contribution in [0.15, 0.2) is 48.5 Å². The Labute approximate surface area is 157 Å². The second kappa shape index (κ2) is 9.06. The van der Waals surface area contributed by atoms with Crippen LogP contribution in [0.25, 0.3) is 0 Å². The van der Waals surface area contributed by atoms with Gasteiger partial charge >= 0.3 is 0 Å². The van der Waals surface area contributed by atoms with Crippen LogP contribution >= 0.6 is 0 Å². The zero-order valence-corrected chi connectivity index (χ0v) is 16.1.